The first kappa shape index (κ1) is 23.1. The number of aromatic nitrogens is 4. The minimum atomic E-state index is -0.818. The van der Waals surface area contributed by atoms with E-state index in [9.17, 15) is 13.6 Å². The van der Waals surface area contributed by atoms with Crippen molar-refractivity contribution in [1.29, 1.82) is 0 Å². The number of hydrogen-bond acceptors (Lipinski definition) is 6. The molecule has 0 saturated heterocycles. The van der Waals surface area contributed by atoms with Crippen LogP contribution in [0.1, 0.15) is 24.1 Å². The summed E-state index contributed by atoms with van der Waals surface area (Å²) in [5.74, 6) is -1.94. The molecule has 0 bridgehead atoms. The lowest BCUT2D eigenvalue weighted by Gasteiger charge is -2.19. The van der Waals surface area contributed by atoms with Gasteiger partial charge in [-0.15, -0.1) is 0 Å². The van der Waals surface area contributed by atoms with Crippen LogP contribution in [0.3, 0.4) is 0 Å². The van der Waals surface area contributed by atoms with Crippen LogP contribution in [0, 0.1) is 11.6 Å². The molecule has 4 aromatic rings. The lowest BCUT2D eigenvalue weighted by molar-refractivity contribution is -0.112. The predicted molar refractivity (Wildman–Crippen MR) is 125 cm³/mol. The van der Waals surface area contributed by atoms with Gasteiger partial charge in [-0.25, -0.2) is 23.4 Å². The first-order chi connectivity index (χ1) is 16.1. The lowest BCUT2D eigenvalue weighted by Crippen LogP contribution is -2.17. The van der Waals surface area contributed by atoms with E-state index in [0.717, 1.165) is 6.07 Å². The highest BCUT2D eigenvalue weighted by Gasteiger charge is 2.25. The number of nitrogen functional groups attached to an aromatic ring is 1. The number of halogens is 3. The van der Waals surface area contributed by atoms with Crippen molar-refractivity contribution in [3.05, 3.63) is 71.0 Å². The summed E-state index contributed by atoms with van der Waals surface area (Å²) in [5, 5.41) is 4.86. The second kappa shape index (κ2) is 8.71. The van der Waals surface area contributed by atoms with Crippen LogP contribution in [0.15, 0.2) is 43.2 Å². The van der Waals surface area contributed by atoms with Crippen LogP contribution in [0.2, 0.25) is 5.02 Å². The van der Waals surface area contributed by atoms with Crippen molar-refractivity contribution in [3.8, 4) is 17.0 Å². The number of rotatable bonds is 6. The van der Waals surface area contributed by atoms with E-state index in [1.807, 2.05) is 0 Å². The van der Waals surface area contributed by atoms with Crippen molar-refractivity contribution in [2.24, 2.45) is 5.73 Å². The maximum atomic E-state index is 14.4. The normalized spacial score (nSPS) is 12.0. The zero-order valence-corrected chi connectivity index (χ0v) is 18.9. The molecular formula is C23H19ClF2N6O2. The summed E-state index contributed by atoms with van der Waals surface area (Å²) in [6, 6.07) is 6.18. The molecule has 4 rings (SSSR count). The standard InChI is InChI=1S/C23H19ClF2N6O2/c1-10(22(28)33)13-8-16(25)15(24)7-14(13)11(2)32-23-19(21(27)29-9-30-23)20(31-32)12-4-5-18(34-3)17(26)6-12/h4-9,11H,1H2,2-3H3,(H2,28,33)(H2,27,29,30). The van der Waals surface area contributed by atoms with Crippen molar-refractivity contribution >= 4 is 39.9 Å². The Bertz CT molecular complexity index is 1470. The molecule has 2 aromatic heterocycles. The minimum absolute atomic E-state index is 0.0700. The van der Waals surface area contributed by atoms with Crippen molar-refractivity contribution < 1.29 is 18.3 Å². The first-order valence-corrected chi connectivity index (χ1v) is 10.3. The summed E-state index contributed by atoms with van der Waals surface area (Å²) < 4.78 is 35.2. The van der Waals surface area contributed by atoms with E-state index in [4.69, 9.17) is 27.8 Å². The molecule has 1 amide bonds. The monoisotopic (exact) mass is 484 g/mol. The molecule has 0 aliphatic heterocycles. The van der Waals surface area contributed by atoms with Gasteiger partial charge in [0.1, 0.15) is 23.7 Å². The number of benzene rings is 2. The Morgan fingerprint density at radius 2 is 1.94 bits per heavy atom. The number of carbonyl (C=O) groups excluding carboxylic acids is 1. The second-order valence-electron chi connectivity index (χ2n) is 7.47. The fraction of sp³-hybridized carbons (Fsp3) is 0.130. The van der Waals surface area contributed by atoms with Gasteiger partial charge in [0.25, 0.3) is 0 Å². The Labute approximate surface area is 197 Å². The second-order valence-corrected chi connectivity index (χ2v) is 7.88. The van der Waals surface area contributed by atoms with Crippen LogP contribution in [0.5, 0.6) is 5.75 Å². The Kier molecular flexibility index (Phi) is 5.92. The topological polar surface area (TPSA) is 122 Å². The predicted octanol–water partition coefficient (Wildman–Crippen LogP) is 4.12. The smallest absolute Gasteiger partial charge is 0.248 e. The number of primary amides is 1. The number of amides is 1. The number of carbonyl (C=O) groups is 1. The molecule has 0 fully saturated rings. The number of fused-ring (bicyclic) bond motifs is 1. The van der Waals surface area contributed by atoms with Gasteiger partial charge in [0.05, 0.1) is 23.6 Å². The van der Waals surface area contributed by atoms with Gasteiger partial charge in [-0.2, -0.15) is 5.10 Å². The summed E-state index contributed by atoms with van der Waals surface area (Å²) in [4.78, 5) is 20.1. The van der Waals surface area contributed by atoms with E-state index in [1.165, 1.54) is 36.3 Å². The average Bonchev–Trinajstić information content (AvgIpc) is 3.20. The van der Waals surface area contributed by atoms with E-state index >= 15 is 0 Å². The van der Waals surface area contributed by atoms with Crippen molar-refractivity contribution in [2.45, 2.75) is 13.0 Å². The van der Waals surface area contributed by atoms with Crippen LogP contribution in [0.25, 0.3) is 27.9 Å². The van der Waals surface area contributed by atoms with Crippen LogP contribution in [0.4, 0.5) is 14.6 Å². The number of methoxy groups -OCH3 is 1. The molecule has 0 spiro atoms. The third-order valence-electron chi connectivity index (χ3n) is 5.48. The van der Waals surface area contributed by atoms with E-state index in [0.29, 0.717) is 27.9 Å². The van der Waals surface area contributed by atoms with Crippen molar-refractivity contribution in [3.63, 3.8) is 0 Å². The third kappa shape index (κ3) is 3.81. The lowest BCUT2D eigenvalue weighted by atomic mass is 9.95. The Balaban J connectivity index is 1.96. The number of anilines is 1. The quantitative estimate of drug-likeness (QED) is 0.397. The molecule has 0 saturated carbocycles. The molecule has 1 unspecified atom stereocenters. The maximum absolute atomic E-state index is 14.4. The highest BCUT2D eigenvalue weighted by Crippen LogP contribution is 2.37. The van der Waals surface area contributed by atoms with Gasteiger partial charge in [0, 0.05) is 11.1 Å². The summed E-state index contributed by atoms with van der Waals surface area (Å²) >= 11 is 6.04. The molecule has 174 valence electrons. The number of nitrogens with two attached hydrogens (primary N) is 2. The Morgan fingerprint density at radius 3 is 2.59 bits per heavy atom. The molecule has 1 atom stereocenters. The molecule has 4 N–H and O–H groups in total. The number of ether oxygens (including phenoxy) is 1. The van der Waals surface area contributed by atoms with E-state index in [2.05, 4.69) is 21.6 Å². The fourth-order valence-corrected chi connectivity index (χ4v) is 3.89. The van der Waals surface area contributed by atoms with E-state index in [1.54, 1.807) is 13.0 Å². The van der Waals surface area contributed by atoms with Gasteiger partial charge in [-0.3, -0.25) is 4.79 Å². The Hall–Kier alpha value is -4.05. The summed E-state index contributed by atoms with van der Waals surface area (Å²) in [6.07, 6.45) is 1.27. The van der Waals surface area contributed by atoms with Crippen LogP contribution >= 0.6 is 11.6 Å². The first-order valence-electron chi connectivity index (χ1n) is 9.94. The van der Waals surface area contributed by atoms with Gasteiger partial charge in [0.2, 0.25) is 5.91 Å². The molecule has 34 heavy (non-hydrogen) atoms. The number of nitrogens with zero attached hydrogens (tertiary/aromatic N) is 4. The minimum Gasteiger partial charge on any atom is -0.494 e. The molecule has 0 aliphatic carbocycles. The SMILES string of the molecule is C=C(C(N)=O)c1cc(F)c(Cl)cc1C(C)n1nc(-c2ccc(OC)c(F)c2)c2c(N)ncnc21. The zero-order chi connectivity index (χ0) is 24.7. The highest BCUT2D eigenvalue weighted by atomic mass is 35.5. The summed E-state index contributed by atoms with van der Waals surface area (Å²) in [6.45, 7) is 5.41. The Morgan fingerprint density at radius 1 is 1.21 bits per heavy atom. The van der Waals surface area contributed by atoms with Crippen molar-refractivity contribution in [2.75, 3.05) is 12.8 Å². The largest absolute Gasteiger partial charge is 0.494 e. The van der Waals surface area contributed by atoms with Gasteiger partial charge >= 0.3 is 0 Å². The molecule has 2 aromatic carbocycles. The third-order valence-corrected chi connectivity index (χ3v) is 5.76. The summed E-state index contributed by atoms with van der Waals surface area (Å²) in [5.41, 5.74) is 13.1. The number of hydrogen-bond donors (Lipinski definition) is 2. The van der Waals surface area contributed by atoms with E-state index in [-0.39, 0.29) is 27.7 Å². The molecule has 2 heterocycles. The molecule has 0 radical (unpaired) electrons. The molecular weight excluding hydrogens is 466 g/mol. The molecule has 0 aliphatic rings. The van der Waals surface area contributed by atoms with Gasteiger partial charge < -0.3 is 16.2 Å². The highest BCUT2D eigenvalue weighted by molar-refractivity contribution is 6.31. The molecule has 11 heteroatoms. The van der Waals surface area contributed by atoms with Crippen LogP contribution < -0.4 is 16.2 Å². The maximum Gasteiger partial charge on any atom is 0.248 e. The van der Waals surface area contributed by atoms with Gasteiger partial charge in [-0.1, -0.05) is 18.2 Å². The van der Waals surface area contributed by atoms with Gasteiger partial charge in [0.15, 0.2) is 17.2 Å². The fourth-order valence-electron chi connectivity index (χ4n) is 3.71. The van der Waals surface area contributed by atoms with Crippen molar-refractivity contribution in [1.82, 2.24) is 19.7 Å². The van der Waals surface area contributed by atoms with Gasteiger partial charge in [-0.05, 0) is 48.4 Å². The zero-order valence-electron chi connectivity index (χ0n) is 18.1. The molecule has 8 nitrogen and oxygen atoms in total. The summed E-state index contributed by atoms with van der Waals surface area (Å²) in [7, 11) is 1.36. The average molecular weight is 485 g/mol. The van der Waals surface area contributed by atoms with Crippen LogP contribution in [-0.2, 0) is 4.79 Å². The van der Waals surface area contributed by atoms with E-state index < -0.39 is 23.6 Å². The van der Waals surface area contributed by atoms with Crippen LogP contribution in [-0.4, -0.2) is 32.8 Å².